The highest BCUT2D eigenvalue weighted by Crippen LogP contribution is 2.29. The van der Waals surface area contributed by atoms with Crippen molar-refractivity contribution in [3.05, 3.63) is 83.4 Å². The lowest BCUT2D eigenvalue weighted by Crippen LogP contribution is -2.11. The molecule has 5 nitrogen and oxygen atoms in total. The van der Waals surface area contributed by atoms with Crippen LogP contribution >= 0.6 is 11.8 Å². The van der Waals surface area contributed by atoms with E-state index in [1.54, 1.807) is 44.6 Å². The second-order valence-electron chi connectivity index (χ2n) is 6.63. The number of Topliss-reactive ketones (excluding diaryl/α,β-unsaturated/α-hetero) is 1. The molecule has 0 saturated heterocycles. The number of carbonyl (C=O) groups excluding carboxylic acids is 2. The average Bonchev–Trinajstić information content (AvgIpc) is 2.78. The Morgan fingerprint density at radius 3 is 2.10 bits per heavy atom. The summed E-state index contributed by atoms with van der Waals surface area (Å²) >= 11 is 1.44. The third kappa shape index (κ3) is 5.42. The molecule has 6 heteroatoms. The van der Waals surface area contributed by atoms with Gasteiger partial charge in [0.2, 0.25) is 0 Å². The van der Waals surface area contributed by atoms with Crippen molar-refractivity contribution in [3.63, 3.8) is 0 Å². The van der Waals surface area contributed by atoms with E-state index in [2.05, 4.69) is 5.32 Å². The summed E-state index contributed by atoms with van der Waals surface area (Å²) in [5, 5.41) is 2.88. The Kier molecular flexibility index (Phi) is 7.14. The summed E-state index contributed by atoms with van der Waals surface area (Å²) in [6.45, 7) is 1.98. The quantitative estimate of drug-likeness (QED) is 0.398. The summed E-state index contributed by atoms with van der Waals surface area (Å²) in [6, 6.07) is 20.0. The predicted molar refractivity (Wildman–Crippen MR) is 120 cm³/mol. The molecule has 0 unspecified atom stereocenters. The monoisotopic (exact) mass is 421 g/mol. The van der Waals surface area contributed by atoms with Gasteiger partial charge in [0.15, 0.2) is 17.3 Å². The highest BCUT2D eigenvalue weighted by atomic mass is 32.2. The van der Waals surface area contributed by atoms with Gasteiger partial charge in [0, 0.05) is 21.7 Å². The molecule has 0 aliphatic carbocycles. The molecule has 0 saturated carbocycles. The van der Waals surface area contributed by atoms with Gasteiger partial charge >= 0.3 is 0 Å². The lowest BCUT2D eigenvalue weighted by Gasteiger charge is -2.09. The number of thioether (sulfide) groups is 1. The number of hydrogen-bond donors (Lipinski definition) is 1. The molecule has 0 aliphatic heterocycles. The third-order valence-electron chi connectivity index (χ3n) is 4.50. The smallest absolute Gasteiger partial charge is 0.255 e. The Balaban J connectivity index is 1.57. The van der Waals surface area contributed by atoms with E-state index >= 15 is 0 Å². The van der Waals surface area contributed by atoms with Crippen LogP contribution in [-0.2, 0) is 0 Å². The Morgan fingerprint density at radius 2 is 1.47 bits per heavy atom. The lowest BCUT2D eigenvalue weighted by molar-refractivity contribution is 0.101. The Labute approximate surface area is 180 Å². The van der Waals surface area contributed by atoms with Crippen LogP contribution in [0.3, 0.4) is 0 Å². The zero-order valence-electron chi connectivity index (χ0n) is 17.1. The van der Waals surface area contributed by atoms with Gasteiger partial charge in [-0.3, -0.25) is 9.59 Å². The van der Waals surface area contributed by atoms with Gasteiger partial charge in [0.1, 0.15) is 0 Å². The zero-order chi connectivity index (χ0) is 21.5. The first-order chi connectivity index (χ1) is 14.5. The molecule has 0 atom stereocenters. The molecular formula is C24H23NO4S. The second kappa shape index (κ2) is 9.98. The largest absolute Gasteiger partial charge is 0.493 e. The zero-order valence-corrected chi connectivity index (χ0v) is 17.9. The first-order valence-corrected chi connectivity index (χ1v) is 10.3. The van der Waals surface area contributed by atoms with Crippen LogP contribution in [0.15, 0.2) is 71.6 Å². The van der Waals surface area contributed by atoms with Crippen molar-refractivity contribution in [2.45, 2.75) is 11.8 Å². The maximum absolute atomic E-state index is 12.5. The Hall–Kier alpha value is -3.25. The molecule has 154 valence electrons. The van der Waals surface area contributed by atoms with Gasteiger partial charge in [-0.05, 0) is 61.5 Å². The van der Waals surface area contributed by atoms with E-state index in [1.807, 2.05) is 43.3 Å². The molecule has 30 heavy (non-hydrogen) atoms. The van der Waals surface area contributed by atoms with Gasteiger partial charge in [0.25, 0.3) is 5.91 Å². The molecular weight excluding hydrogens is 398 g/mol. The van der Waals surface area contributed by atoms with E-state index in [1.165, 1.54) is 11.8 Å². The maximum Gasteiger partial charge on any atom is 0.255 e. The van der Waals surface area contributed by atoms with Crippen LogP contribution in [-0.4, -0.2) is 31.7 Å². The topological polar surface area (TPSA) is 64.6 Å². The van der Waals surface area contributed by atoms with Gasteiger partial charge in [-0.25, -0.2) is 0 Å². The minimum absolute atomic E-state index is 0.00213. The van der Waals surface area contributed by atoms with Crippen LogP contribution in [0.25, 0.3) is 0 Å². The van der Waals surface area contributed by atoms with Crippen molar-refractivity contribution in [1.82, 2.24) is 0 Å². The summed E-state index contributed by atoms with van der Waals surface area (Å²) in [7, 11) is 3.10. The van der Waals surface area contributed by atoms with E-state index < -0.39 is 0 Å². The molecule has 0 aliphatic rings. The maximum atomic E-state index is 12.5. The van der Waals surface area contributed by atoms with Crippen LogP contribution in [0.2, 0.25) is 0 Å². The molecule has 0 heterocycles. The number of ether oxygens (including phenoxy) is 2. The van der Waals surface area contributed by atoms with E-state index in [-0.39, 0.29) is 11.7 Å². The number of rotatable bonds is 8. The number of anilines is 1. The third-order valence-corrected chi connectivity index (χ3v) is 5.51. The number of methoxy groups -OCH3 is 2. The van der Waals surface area contributed by atoms with Crippen molar-refractivity contribution in [2.75, 3.05) is 25.3 Å². The molecule has 0 spiro atoms. The Morgan fingerprint density at radius 1 is 0.833 bits per heavy atom. The average molecular weight is 422 g/mol. The summed E-state index contributed by atoms with van der Waals surface area (Å²) in [5.74, 6) is 1.26. The highest BCUT2D eigenvalue weighted by molar-refractivity contribution is 8.00. The molecule has 0 aromatic heterocycles. The number of benzene rings is 3. The summed E-state index contributed by atoms with van der Waals surface area (Å²) < 4.78 is 10.5. The molecule has 0 radical (unpaired) electrons. The fourth-order valence-corrected chi connectivity index (χ4v) is 3.58. The number of amides is 1. The summed E-state index contributed by atoms with van der Waals surface area (Å²) in [5.41, 5.74) is 2.99. The van der Waals surface area contributed by atoms with Crippen molar-refractivity contribution in [1.29, 1.82) is 0 Å². The molecule has 3 rings (SSSR count). The van der Waals surface area contributed by atoms with Crippen molar-refractivity contribution < 1.29 is 19.1 Å². The number of hydrogen-bond acceptors (Lipinski definition) is 5. The molecule has 0 bridgehead atoms. The SMILES string of the molecule is COc1ccc(C(=O)CSc2ccc(NC(=O)c3ccc(C)cc3)cc2)cc1OC. The van der Waals surface area contributed by atoms with Crippen LogP contribution in [0.5, 0.6) is 11.5 Å². The number of nitrogens with one attached hydrogen (secondary N) is 1. The van der Waals surface area contributed by atoms with Gasteiger partial charge in [-0.15, -0.1) is 11.8 Å². The van der Waals surface area contributed by atoms with E-state index in [0.717, 1.165) is 10.5 Å². The van der Waals surface area contributed by atoms with Crippen LogP contribution in [0.4, 0.5) is 5.69 Å². The fraction of sp³-hybridized carbons (Fsp3) is 0.167. The summed E-state index contributed by atoms with van der Waals surface area (Å²) in [4.78, 5) is 25.7. The first kappa shape index (κ1) is 21.5. The lowest BCUT2D eigenvalue weighted by atomic mass is 10.1. The van der Waals surface area contributed by atoms with E-state index in [0.29, 0.717) is 34.1 Å². The van der Waals surface area contributed by atoms with Crippen molar-refractivity contribution in [3.8, 4) is 11.5 Å². The van der Waals surface area contributed by atoms with Gasteiger partial charge in [-0.2, -0.15) is 0 Å². The minimum Gasteiger partial charge on any atom is -0.493 e. The number of ketones is 1. The predicted octanol–water partition coefficient (Wildman–Crippen LogP) is 5.24. The Bertz CT molecular complexity index is 1030. The normalized spacial score (nSPS) is 10.4. The van der Waals surface area contributed by atoms with Crippen LogP contribution in [0, 0.1) is 6.92 Å². The van der Waals surface area contributed by atoms with Gasteiger partial charge in [-0.1, -0.05) is 17.7 Å². The second-order valence-corrected chi connectivity index (χ2v) is 7.67. The minimum atomic E-state index is -0.154. The molecule has 1 N–H and O–H groups in total. The van der Waals surface area contributed by atoms with Crippen molar-refractivity contribution in [2.24, 2.45) is 0 Å². The number of aryl methyl sites for hydroxylation is 1. The van der Waals surface area contributed by atoms with Crippen LogP contribution < -0.4 is 14.8 Å². The molecule has 1 amide bonds. The summed E-state index contributed by atoms with van der Waals surface area (Å²) in [6.07, 6.45) is 0. The number of carbonyl (C=O) groups is 2. The van der Waals surface area contributed by atoms with Crippen molar-refractivity contribution >= 4 is 29.1 Å². The van der Waals surface area contributed by atoms with E-state index in [9.17, 15) is 9.59 Å². The van der Waals surface area contributed by atoms with E-state index in [4.69, 9.17) is 9.47 Å². The van der Waals surface area contributed by atoms with Gasteiger partial charge in [0.05, 0.1) is 20.0 Å². The van der Waals surface area contributed by atoms with Crippen LogP contribution in [0.1, 0.15) is 26.3 Å². The first-order valence-electron chi connectivity index (χ1n) is 9.36. The standard InChI is InChI=1S/C24H23NO4S/c1-16-4-6-17(7-5-16)24(27)25-19-9-11-20(12-10-19)30-15-21(26)18-8-13-22(28-2)23(14-18)29-3/h4-14H,15H2,1-3H3,(H,25,27). The van der Waals surface area contributed by atoms with Gasteiger partial charge < -0.3 is 14.8 Å². The fourth-order valence-electron chi connectivity index (χ4n) is 2.78. The molecule has 3 aromatic carbocycles. The molecule has 3 aromatic rings. The molecule has 0 fully saturated rings. The highest BCUT2D eigenvalue weighted by Gasteiger charge is 2.12.